The van der Waals surface area contributed by atoms with Crippen LogP contribution in [0.1, 0.15) is 20.8 Å². The fraction of sp³-hybridized carbons (Fsp3) is 0.533. The van der Waals surface area contributed by atoms with Gasteiger partial charge in [0.15, 0.2) is 0 Å². The molecule has 0 atom stereocenters. The van der Waals surface area contributed by atoms with Crippen molar-refractivity contribution in [3.63, 3.8) is 0 Å². The Morgan fingerprint density at radius 1 is 1.45 bits per heavy atom. The Bertz CT molecular complexity index is 446. The number of benzene rings is 1. The molecule has 1 aromatic carbocycles. The molecule has 0 bridgehead atoms. The molecule has 3 N–H and O–H groups in total. The van der Waals surface area contributed by atoms with E-state index < -0.39 is 0 Å². The van der Waals surface area contributed by atoms with E-state index in [4.69, 9.17) is 10.5 Å². The lowest BCUT2D eigenvalue weighted by atomic mass is 10.0. The molecule has 1 rings (SSSR count). The van der Waals surface area contributed by atoms with Crippen LogP contribution in [0.3, 0.4) is 0 Å². The van der Waals surface area contributed by atoms with Gasteiger partial charge in [-0.05, 0) is 32.5 Å². The molecule has 0 aliphatic carbocycles. The van der Waals surface area contributed by atoms with Crippen LogP contribution in [0.5, 0.6) is 5.75 Å². The maximum Gasteiger partial charge on any atom is 0.238 e. The third-order valence-electron chi connectivity index (χ3n) is 3.43. The highest BCUT2D eigenvalue weighted by molar-refractivity contribution is 5.92. The topological polar surface area (TPSA) is 67.6 Å². The first-order chi connectivity index (χ1) is 9.42. The van der Waals surface area contributed by atoms with Gasteiger partial charge in [-0.2, -0.15) is 0 Å². The van der Waals surface area contributed by atoms with Gasteiger partial charge in [-0.25, -0.2) is 0 Å². The van der Waals surface area contributed by atoms with Gasteiger partial charge in [0.2, 0.25) is 5.91 Å². The first kappa shape index (κ1) is 16.5. The molecule has 1 amide bonds. The average Bonchev–Trinajstić information content (AvgIpc) is 2.44. The molecule has 0 saturated heterocycles. The molecule has 0 aliphatic heterocycles. The fourth-order valence-corrected chi connectivity index (χ4v) is 1.96. The maximum atomic E-state index is 12.1. The molecule has 0 radical (unpaired) electrons. The van der Waals surface area contributed by atoms with E-state index in [1.165, 1.54) is 0 Å². The summed E-state index contributed by atoms with van der Waals surface area (Å²) in [5.74, 6) is 0.666. The van der Waals surface area contributed by atoms with E-state index in [1.54, 1.807) is 13.2 Å². The Labute approximate surface area is 121 Å². The van der Waals surface area contributed by atoms with Gasteiger partial charge in [0, 0.05) is 23.8 Å². The minimum atomic E-state index is -0.194. The van der Waals surface area contributed by atoms with Gasteiger partial charge in [0.1, 0.15) is 5.75 Å². The summed E-state index contributed by atoms with van der Waals surface area (Å²) in [7, 11) is 1.60. The molecule has 0 saturated carbocycles. The van der Waals surface area contributed by atoms with Crippen molar-refractivity contribution in [3.8, 4) is 5.75 Å². The lowest BCUT2D eigenvalue weighted by Gasteiger charge is -2.36. The molecule has 5 heteroatoms. The lowest BCUT2D eigenvalue weighted by Crippen LogP contribution is -2.51. The normalized spacial score (nSPS) is 11.5. The molecule has 0 fully saturated rings. The van der Waals surface area contributed by atoms with Gasteiger partial charge in [-0.15, -0.1) is 0 Å². The van der Waals surface area contributed by atoms with Gasteiger partial charge in [0.25, 0.3) is 0 Å². The molecule has 0 unspecified atom stereocenters. The van der Waals surface area contributed by atoms with Crippen LogP contribution in [0.2, 0.25) is 0 Å². The largest absolute Gasteiger partial charge is 0.497 e. The fourth-order valence-electron chi connectivity index (χ4n) is 1.96. The van der Waals surface area contributed by atoms with Crippen molar-refractivity contribution in [1.29, 1.82) is 0 Å². The van der Waals surface area contributed by atoms with Gasteiger partial charge >= 0.3 is 0 Å². The van der Waals surface area contributed by atoms with Crippen molar-refractivity contribution < 1.29 is 9.53 Å². The van der Waals surface area contributed by atoms with E-state index in [-0.39, 0.29) is 11.4 Å². The lowest BCUT2D eigenvalue weighted by molar-refractivity contribution is -0.118. The summed E-state index contributed by atoms with van der Waals surface area (Å²) in [6.07, 6.45) is 0. The number of hydrogen-bond acceptors (Lipinski definition) is 4. The van der Waals surface area contributed by atoms with E-state index in [1.807, 2.05) is 39.0 Å². The zero-order valence-electron chi connectivity index (χ0n) is 12.8. The summed E-state index contributed by atoms with van der Waals surface area (Å²) in [5.41, 5.74) is 6.30. The number of amides is 1. The van der Waals surface area contributed by atoms with E-state index >= 15 is 0 Å². The first-order valence-corrected chi connectivity index (χ1v) is 6.82. The Kier molecular flexibility index (Phi) is 5.98. The van der Waals surface area contributed by atoms with E-state index in [9.17, 15) is 4.79 Å². The van der Waals surface area contributed by atoms with Crippen molar-refractivity contribution in [2.45, 2.75) is 26.3 Å². The number of ether oxygens (including phenoxy) is 1. The highest BCUT2D eigenvalue weighted by Crippen LogP contribution is 2.17. The SMILES string of the molecule is CCN(CC(=O)Nc1cccc(OC)c1)C(C)(C)CN. The number of methoxy groups -OCH3 is 1. The Morgan fingerprint density at radius 2 is 2.15 bits per heavy atom. The van der Waals surface area contributed by atoms with Crippen LogP contribution in [0, 0.1) is 0 Å². The summed E-state index contributed by atoms with van der Waals surface area (Å²) in [6, 6.07) is 7.31. The van der Waals surface area contributed by atoms with Crippen LogP contribution in [0.4, 0.5) is 5.69 Å². The number of likely N-dealkylation sites (N-methyl/N-ethyl adjacent to an activating group) is 1. The van der Waals surface area contributed by atoms with Crippen molar-refractivity contribution in [3.05, 3.63) is 24.3 Å². The third kappa shape index (κ3) is 4.51. The number of carbonyl (C=O) groups excluding carboxylic acids is 1. The number of hydrogen-bond donors (Lipinski definition) is 2. The number of nitrogens with zero attached hydrogens (tertiary/aromatic N) is 1. The Hall–Kier alpha value is -1.59. The minimum absolute atomic E-state index is 0.0540. The second-order valence-corrected chi connectivity index (χ2v) is 5.31. The third-order valence-corrected chi connectivity index (χ3v) is 3.43. The molecular weight excluding hydrogens is 254 g/mol. The van der Waals surface area contributed by atoms with Crippen molar-refractivity contribution in [2.75, 3.05) is 32.1 Å². The van der Waals surface area contributed by atoms with E-state index in [0.29, 0.717) is 13.1 Å². The van der Waals surface area contributed by atoms with Crippen molar-refractivity contribution in [1.82, 2.24) is 4.90 Å². The highest BCUT2D eigenvalue weighted by Gasteiger charge is 2.25. The quantitative estimate of drug-likeness (QED) is 0.797. The van der Waals surface area contributed by atoms with Crippen LogP contribution in [0.15, 0.2) is 24.3 Å². The van der Waals surface area contributed by atoms with Crippen LogP contribution in [-0.4, -0.2) is 43.1 Å². The number of nitrogens with one attached hydrogen (secondary N) is 1. The Balaban J connectivity index is 2.66. The summed E-state index contributed by atoms with van der Waals surface area (Å²) < 4.78 is 5.13. The molecule has 5 nitrogen and oxygen atoms in total. The van der Waals surface area contributed by atoms with Gasteiger partial charge < -0.3 is 15.8 Å². The zero-order chi connectivity index (χ0) is 15.2. The summed E-state index contributed by atoms with van der Waals surface area (Å²) >= 11 is 0. The highest BCUT2D eigenvalue weighted by atomic mass is 16.5. The first-order valence-electron chi connectivity index (χ1n) is 6.82. The van der Waals surface area contributed by atoms with Crippen LogP contribution >= 0.6 is 0 Å². The predicted octanol–water partition coefficient (Wildman–Crippen LogP) is 1.69. The Morgan fingerprint density at radius 3 is 2.70 bits per heavy atom. The monoisotopic (exact) mass is 279 g/mol. The maximum absolute atomic E-state index is 12.1. The molecule has 0 spiro atoms. The average molecular weight is 279 g/mol. The zero-order valence-corrected chi connectivity index (χ0v) is 12.8. The van der Waals surface area contributed by atoms with Crippen LogP contribution < -0.4 is 15.8 Å². The van der Waals surface area contributed by atoms with Gasteiger partial charge in [-0.3, -0.25) is 9.69 Å². The number of anilines is 1. The molecular formula is C15H25N3O2. The van der Waals surface area contributed by atoms with Crippen LogP contribution in [-0.2, 0) is 4.79 Å². The molecule has 1 aromatic rings. The second-order valence-electron chi connectivity index (χ2n) is 5.31. The molecule has 0 aromatic heterocycles. The summed E-state index contributed by atoms with van der Waals surface area (Å²) in [5, 5.41) is 2.88. The molecule has 0 heterocycles. The van der Waals surface area contributed by atoms with Crippen LogP contribution in [0.25, 0.3) is 0 Å². The molecule has 112 valence electrons. The van der Waals surface area contributed by atoms with Crippen molar-refractivity contribution in [2.24, 2.45) is 5.73 Å². The summed E-state index contributed by atoms with van der Waals surface area (Å²) in [4.78, 5) is 14.2. The van der Waals surface area contributed by atoms with Gasteiger partial charge in [0.05, 0.1) is 13.7 Å². The number of carbonyl (C=O) groups is 1. The molecule has 0 aliphatic rings. The predicted molar refractivity (Wildman–Crippen MR) is 82.0 cm³/mol. The van der Waals surface area contributed by atoms with Crippen molar-refractivity contribution >= 4 is 11.6 Å². The minimum Gasteiger partial charge on any atom is -0.497 e. The van der Waals surface area contributed by atoms with E-state index in [0.717, 1.165) is 18.0 Å². The number of nitrogens with two attached hydrogens (primary N) is 1. The smallest absolute Gasteiger partial charge is 0.238 e. The van der Waals surface area contributed by atoms with Gasteiger partial charge in [-0.1, -0.05) is 13.0 Å². The summed E-state index contributed by atoms with van der Waals surface area (Å²) in [6.45, 7) is 7.70. The molecule has 20 heavy (non-hydrogen) atoms. The standard InChI is InChI=1S/C15H25N3O2/c1-5-18(15(2,3)11-16)10-14(19)17-12-7-6-8-13(9-12)20-4/h6-9H,5,10-11,16H2,1-4H3,(H,17,19). The number of rotatable bonds is 7. The van der Waals surface area contributed by atoms with E-state index in [2.05, 4.69) is 10.2 Å². The second kappa shape index (κ2) is 7.26.